The molecule has 1 aromatic rings. The number of hydrogen-bond acceptors (Lipinski definition) is 3. The molecule has 0 aromatic carbocycles. The molecule has 108 valence electrons. The molecule has 4 nitrogen and oxygen atoms in total. The molecular weight excluding hydrogens is 224 g/mol. The second-order valence-electron chi connectivity index (χ2n) is 3.49. The van der Waals surface area contributed by atoms with Crippen LogP contribution in [0.2, 0.25) is 0 Å². The zero-order valence-electron chi connectivity index (χ0n) is 13.4. The molecule has 0 spiro atoms. The quantitative estimate of drug-likeness (QED) is 0.835. The Morgan fingerprint density at radius 3 is 2.06 bits per heavy atom. The number of fused-ring (bicyclic) bond motifs is 1. The molecule has 2 rings (SSSR count). The van der Waals surface area contributed by atoms with Gasteiger partial charge in [0.2, 0.25) is 0 Å². The first-order valence-corrected chi connectivity index (χ1v) is 7.39. The Morgan fingerprint density at radius 1 is 1.06 bits per heavy atom. The molecule has 0 bridgehead atoms. The molecule has 0 saturated carbocycles. The Balaban J connectivity index is 0. The third-order valence-electron chi connectivity index (χ3n) is 2.31. The van der Waals surface area contributed by atoms with Gasteiger partial charge in [0.15, 0.2) is 0 Å². The van der Waals surface area contributed by atoms with E-state index in [2.05, 4.69) is 33.9 Å². The first-order valence-electron chi connectivity index (χ1n) is 7.39. The van der Waals surface area contributed by atoms with E-state index in [1.165, 1.54) is 12.8 Å². The van der Waals surface area contributed by atoms with E-state index in [9.17, 15) is 0 Å². The maximum absolute atomic E-state index is 4.01. The van der Waals surface area contributed by atoms with Crippen molar-refractivity contribution in [2.75, 3.05) is 6.54 Å². The maximum Gasteiger partial charge on any atom is 0.147 e. The van der Waals surface area contributed by atoms with Crippen molar-refractivity contribution in [3.05, 3.63) is 11.6 Å². The van der Waals surface area contributed by atoms with E-state index in [1.54, 1.807) is 0 Å². The van der Waals surface area contributed by atoms with Gasteiger partial charge in [-0.3, -0.25) is 0 Å². The normalized spacial score (nSPS) is 11.7. The van der Waals surface area contributed by atoms with Crippen LogP contribution in [-0.2, 0) is 13.1 Å². The molecular formula is C14H32N4. The van der Waals surface area contributed by atoms with Gasteiger partial charge in [0.05, 0.1) is 6.54 Å². The standard InChI is InChI=1S/C6H10N4.C4H10.2C2H6/c1-5-8-9-6-4-7-2-3-10(5)6;1-3-4-2;2*1-2/h7H,2-4H2,1H3;3-4H2,1-2H3;2*1-2H3. The summed E-state index contributed by atoms with van der Waals surface area (Å²) in [5.74, 6) is 2.08. The molecule has 18 heavy (non-hydrogen) atoms. The smallest absolute Gasteiger partial charge is 0.147 e. The molecule has 1 aliphatic rings. The van der Waals surface area contributed by atoms with E-state index >= 15 is 0 Å². The zero-order valence-corrected chi connectivity index (χ0v) is 13.4. The van der Waals surface area contributed by atoms with E-state index in [-0.39, 0.29) is 0 Å². The van der Waals surface area contributed by atoms with E-state index in [1.807, 2.05) is 34.6 Å². The lowest BCUT2D eigenvalue weighted by Crippen LogP contribution is -2.28. The molecule has 4 heteroatoms. The molecule has 1 aromatic heterocycles. The van der Waals surface area contributed by atoms with Gasteiger partial charge in [-0.1, -0.05) is 54.4 Å². The van der Waals surface area contributed by atoms with Crippen LogP contribution in [-0.4, -0.2) is 21.3 Å². The van der Waals surface area contributed by atoms with Crippen molar-refractivity contribution < 1.29 is 0 Å². The number of nitrogens with zero attached hydrogens (tertiary/aromatic N) is 3. The molecule has 1 N–H and O–H groups in total. The summed E-state index contributed by atoms with van der Waals surface area (Å²) < 4.78 is 2.15. The van der Waals surface area contributed by atoms with Gasteiger partial charge in [-0.05, 0) is 6.92 Å². The van der Waals surface area contributed by atoms with Crippen molar-refractivity contribution in [1.29, 1.82) is 0 Å². The van der Waals surface area contributed by atoms with Crippen LogP contribution in [0.4, 0.5) is 0 Å². The van der Waals surface area contributed by atoms with Crippen molar-refractivity contribution in [2.45, 2.75) is 74.4 Å². The van der Waals surface area contributed by atoms with Crippen LogP contribution >= 0.6 is 0 Å². The lowest BCUT2D eigenvalue weighted by Gasteiger charge is -2.14. The Labute approximate surface area is 113 Å². The van der Waals surface area contributed by atoms with Crippen LogP contribution in [0.5, 0.6) is 0 Å². The molecule has 0 unspecified atom stereocenters. The molecule has 0 fully saturated rings. The zero-order chi connectivity index (χ0) is 14.4. The molecule has 2 heterocycles. The molecule has 0 radical (unpaired) electrons. The SMILES string of the molecule is CC.CC.CCCC.Cc1nnc2n1CCNC2. The van der Waals surface area contributed by atoms with Gasteiger partial charge in [-0.2, -0.15) is 0 Å². The Hall–Kier alpha value is -0.900. The fraction of sp³-hybridized carbons (Fsp3) is 0.857. The van der Waals surface area contributed by atoms with E-state index in [0.29, 0.717) is 0 Å². The van der Waals surface area contributed by atoms with Crippen molar-refractivity contribution in [1.82, 2.24) is 20.1 Å². The lowest BCUT2D eigenvalue weighted by atomic mass is 10.4. The second kappa shape index (κ2) is 14.2. The first kappa shape index (κ1) is 19.4. The molecule has 0 amide bonds. The summed E-state index contributed by atoms with van der Waals surface area (Å²) in [5.41, 5.74) is 0. The van der Waals surface area contributed by atoms with Crippen molar-refractivity contribution >= 4 is 0 Å². The third kappa shape index (κ3) is 7.43. The number of unbranched alkanes of at least 4 members (excludes halogenated alkanes) is 1. The molecule has 0 atom stereocenters. The summed E-state index contributed by atoms with van der Waals surface area (Å²) in [5, 5.41) is 11.2. The minimum atomic E-state index is 0.862. The van der Waals surface area contributed by atoms with Crippen molar-refractivity contribution in [3.63, 3.8) is 0 Å². The van der Waals surface area contributed by atoms with Crippen LogP contribution < -0.4 is 5.32 Å². The summed E-state index contributed by atoms with van der Waals surface area (Å²) >= 11 is 0. The minimum Gasteiger partial charge on any atom is -0.313 e. The summed E-state index contributed by atoms with van der Waals surface area (Å²) in [6, 6.07) is 0. The second-order valence-corrected chi connectivity index (χ2v) is 3.49. The van der Waals surface area contributed by atoms with E-state index in [0.717, 1.165) is 31.3 Å². The fourth-order valence-electron chi connectivity index (χ4n) is 1.24. The van der Waals surface area contributed by atoms with Gasteiger partial charge >= 0.3 is 0 Å². The Morgan fingerprint density at radius 2 is 1.61 bits per heavy atom. The van der Waals surface area contributed by atoms with Gasteiger partial charge < -0.3 is 9.88 Å². The van der Waals surface area contributed by atoms with Crippen molar-refractivity contribution in [3.8, 4) is 0 Å². The highest BCUT2D eigenvalue weighted by molar-refractivity contribution is 4.95. The van der Waals surface area contributed by atoms with Gasteiger partial charge in [0.1, 0.15) is 11.6 Å². The topological polar surface area (TPSA) is 42.7 Å². The van der Waals surface area contributed by atoms with Gasteiger partial charge in [0.25, 0.3) is 0 Å². The van der Waals surface area contributed by atoms with Crippen LogP contribution in [0.25, 0.3) is 0 Å². The van der Waals surface area contributed by atoms with Crippen LogP contribution in [0.3, 0.4) is 0 Å². The lowest BCUT2D eigenvalue weighted by molar-refractivity contribution is 0.499. The number of aryl methyl sites for hydroxylation is 1. The monoisotopic (exact) mass is 256 g/mol. The maximum atomic E-state index is 4.01. The summed E-state index contributed by atoms with van der Waals surface area (Å²) in [6.07, 6.45) is 2.64. The van der Waals surface area contributed by atoms with Gasteiger partial charge in [-0.15, -0.1) is 10.2 Å². The Bertz CT molecular complexity index is 267. The van der Waals surface area contributed by atoms with Crippen LogP contribution in [0.15, 0.2) is 0 Å². The number of rotatable bonds is 1. The van der Waals surface area contributed by atoms with Crippen molar-refractivity contribution in [2.24, 2.45) is 0 Å². The highest BCUT2D eigenvalue weighted by Gasteiger charge is 2.11. The fourth-order valence-corrected chi connectivity index (χ4v) is 1.24. The summed E-state index contributed by atoms with van der Waals surface area (Å²) in [7, 11) is 0. The number of nitrogens with one attached hydrogen (secondary N) is 1. The van der Waals surface area contributed by atoms with Gasteiger partial charge in [-0.25, -0.2) is 0 Å². The predicted octanol–water partition coefficient (Wildman–Crippen LogP) is 3.55. The third-order valence-corrected chi connectivity index (χ3v) is 2.31. The number of hydrogen-bond donors (Lipinski definition) is 1. The molecule has 0 saturated heterocycles. The predicted molar refractivity (Wildman–Crippen MR) is 79.7 cm³/mol. The van der Waals surface area contributed by atoms with Gasteiger partial charge in [0, 0.05) is 13.1 Å². The first-order chi connectivity index (χ1) is 8.79. The summed E-state index contributed by atoms with van der Waals surface area (Å²) in [4.78, 5) is 0. The minimum absolute atomic E-state index is 0.862. The van der Waals surface area contributed by atoms with Crippen LogP contribution in [0, 0.1) is 6.92 Å². The number of aromatic nitrogens is 3. The van der Waals surface area contributed by atoms with E-state index < -0.39 is 0 Å². The molecule has 1 aliphatic heterocycles. The average molecular weight is 256 g/mol. The average Bonchev–Trinajstić information content (AvgIpc) is 2.86. The van der Waals surface area contributed by atoms with E-state index in [4.69, 9.17) is 0 Å². The molecule has 0 aliphatic carbocycles. The largest absolute Gasteiger partial charge is 0.313 e. The van der Waals surface area contributed by atoms with Crippen LogP contribution in [0.1, 0.15) is 66.0 Å². The highest BCUT2D eigenvalue weighted by Crippen LogP contribution is 2.03. The highest BCUT2D eigenvalue weighted by atomic mass is 15.3. The Kier molecular flexibility index (Phi) is 15.3. The summed E-state index contributed by atoms with van der Waals surface area (Å²) in [6.45, 7) is 17.3.